The Kier molecular flexibility index (Phi) is 20.9. The molecule has 0 fully saturated rings. The van der Waals surface area contributed by atoms with Crippen molar-refractivity contribution in [2.75, 3.05) is 62.5 Å². The summed E-state index contributed by atoms with van der Waals surface area (Å²) in [6, 6.07) is 69.1. The van der Waals surface area contributed by atoms with Crippen molar-refractivity contribution in [1.82, 2.24) is 4.90 Å². The van der Waals surface area contributed by atoms with Crippen molar-refractivity contribution < 1.29 is 80.4 Å². The minimum atomic E-state index is 0. The molecule has 12 heteroatoms. The molecule has 1 aliphatic carbocycles. The Morgan fingerprint density at radius 3 is 1.33 bits per heavy atom. The topological polar surface area (TPSA) is 25.9 Å². The predicted molar refractivity (Wildman–Crippen MR) is 332 cm³/mol. The minimum Gasteiger partial charge on any atom is -0.510 e. The number of aryl methyl sites for hydroxylation is 6. The van der Waals surface area contributed by atoms with Crippen molar-refractivity contribution in [3.8, 4) is 11.1 Å². The van der Waals surface area contributed by atoms with E-state index >= 15 is 0 Å². The van der Waals surface area contributed by atoms with Crippen LogP contribution in [0.5, 0.6) is 0 Å². The second-order valence-corrected chi connectivity index (χ2v) is 21.8. The van der Waals surface area contributed by atoms with Gasteiger partial charge in [0.25, 0.3) is 0 Å². The Balaban J connectivity index is 0.000000157. The fourth-order valence-electron chi connectivity index (χ4n) is 10.9. The van der Waals surface area contributed by atoms with E-state index < -0.39 is 0 Å². The van der Waals surface area contributed by atoms with Crippen molar-refractivity contribution in [2.45, 2.75) is 60.8 Å². The fraction of sp³-hybridized carbons (Fsp3) is 0.183. The smallest absolute Gasteiger partial charge is 0.0329 e. The molecule has 0 spiro atoms. The molecule has 0 amide bonds. The first-order valence-electron chi connectivity index (χ1n) is 27.0. The summed E-state index contributed by atoms with van der Waals surface area (Å²) < 4.78 is 0. The monoisotopic (exact) mass is 1800 g/mol. The van der Waals surface area contributed by atoms with Crippen LogP contribution in [0.25, 0.3) is 21.9 Å². The molecule has 4 aliphatic heterocycles. The number of nitrogens with zero attached hydrogens (tertiary/aromatic N) is 8. The van der Waals surface area contributed by atoms with E-state index in [1.54, 1.807) is 0 Å². The predicted octanol–water partition coefficient (Wildman–Crippen LogP) is 16.7. The first-order valence-corrected chi connectivity index (χ1v) is 27.0. The molecule has 0 aromatic heterocycles. The van der Waals surface area contributed by atoms with Crippen LogP contribution in [0.4, 0.5) is 56.9 Å². The van der Waals surface area contributed by atoms with Gasteiger partial charge in [-0.05, 0) is 113 Å². The second-order valence-electron chi connectivity index (χ2n) is 21.8. The summed E-state index contributed by atoms with van der Waals surface area (Å²) >= 11 is 0. The molecule has 9 aromatic carbocycles. The van der Waals surface area contributed by atoms with Gasteiger partial charge in [-0.3, -0.25) is 0 Å². The molecule has 0 bridgehead atoms. The zero-order valence-corrected chi connectivity index (χ0v) is 58.5. The van der Waals surface area contributed by atoms with E-state index in [0.717, 1.165) is 22.7 Å². The van der Waals surface area contributed by atoms with E-state index in [-0.39, 0.29) is 85.8 Å². The van der Waals surface area contributed by atoms with Crippen LogP contribution in [0.2, 0.25) is 0 Å². The van der Waals surface area contributed by atoms with Gasteiger partial charge in [0.15, 0.2) is 0 Å². The molecule has 5 aliphatic rings. The number of fused-ring (bicyclic) bond motifs is 7. The Morgan fingerprint density at radius 2 is 0.783 bits per heavy atom. The van der Waals surface area contributed by atoms with Crippen molar-refractivity contribution in [3.05, 3.63) is 266 Å². The zero-order chi connectivity index (χ0) is 55.3. The van der Waals surface area contributed by atoms with Crippen LogP contribution < -0.4 is 34.3 Å². The number of rotatable bonds is 4. The summed E-state index contributed by atoms with van der Waals surface area (Å²) in [5, 5.41) is 2.46. The average Bonchev–Trinajstić information content (AvgIpc) is 4.46. The average molecular weight is 1800 g/mol. The third-order valence-corrected chi connectivity index (χ3v) is 16.0. The van der Waals surface area contributed by atoms with Crippen LogP contribution in [-0.4, -0.2) is 33.1 Å². The molecular weight excluding hydrogens is 1730 g/mol. The first-order chi connectivity index (χ1) is 38.0. The molecule has 436 valence electrons. The molecule has 0 saturated heterocycles. The fourth-order valence-corrected chi connectivity index (χ4v) is 10.9. The van der Waals surface area contributed by atoms with Gasteiger partial charge in [-0.25, -0.2) is 0 Å². The Morgan fingerprint density at radius 1 is 0.349 bits per heavy atom. The minimum absolute atomic E-state index is 0. The molecule has 14 rings (SSSR count). The SMILES string of the molecule is CN1C=CN(c2[c-]cc3c(c2)C(C)(C)c2ccccc2-3)[CH-]1.CN1[CH-]N(c2[c-]cc3ccccc3c2)c2ccccc21.Cc1c[c-]c(N2[CH-]N(C)c3cc(C)c(C)cc32)cc1C.Cc1c[c-]c(N2[CH-]N(C)c3ccccc32)cc1C.[Ir].[Ir].[Ir].[Ir]. The van der Waals surface area contributed by atoms with Gasteiger partial charge in [-0.2, -0.15) is 97.5 Å². The van der Waals surface area contributed by atoms with E-state index in [0.29, 0.717) is 0 Å². The number of hydrogen-bond acceptors (Lipinski definition) is 8. The summed E-state index contributed by atoms with van der Waals surface area (Å²) in [5.74, 6) is 0. The maximum atomic E-state index is 3.43. The first kappa shape index (κ1) is 64.5. The number of para-hydroxylation sites is 4. The van der Waals surface area contributed by atoms with Gasteiger partial charge in [-0.1, -0.05) is 114 Å². The van der Waals surface area contributed by atoms with Gasteiger partial charge in [-0.15, -0.1) is 75.0 Å². The third-order valence-electron chi connectivity index (χ3n) is 16.0. The number of hydrogen-bond donors (Lipinski definition) is 0. The van der Waals surface area contributed by atoms with Crippen LogP contribution in [0.3, 0.4) is 0 Å². The molecule has 9 aromatic rings. The maximum absolute atomic E-state index is 3.43. The summed E-state index contributed by atoms with van der Waals surface area (Å²) in [4.78, 5) is 17.2. The molecule has 4 heterocycles. The van der Waals surface area contributed by atoms with Crippen LogP contribution in [0, 0.1) is 92.5 Å². The zero-order valence-electron chi connectivity index (χ0n) is 48.9. The quantitative estimate of drug-likeness (QED) is 0.161. The van der Waals surface area contributed by atoms with Crippen LogP contribution >= 0.6 is 0 Å². The summed E-state index contributed by atoms with van der Waals surface area (Å²) in [6.45, 7) is 25.8. The van der Waals surface area contributed by atoms with Crippen molar-refractivity contribution >= 4 is 67.6 Å². The number of anilines is 10. The van der Waals surface area contributed by atoms with E-state index in [1.165, 1.54) is 101 Å². The molecule has 0 N–H and O–H groups in total. The van der Waals surface area contributed by atoms with Crippen molar-refractivity contribution in [3.63, 3.8) is 0 Å². The van der Waals surface area contributed by atoms with E-state index in [2.05, 4.69) is 326 Å². The van der Waals surface area contributed by atoms with Crippen LogP contribution in [0.15, 0.2) is 170 Å². The van der Waals surface area contributed by atoms with Gasteiger partial charge in [0.05, 0.1) is 0 Å². The Bertz CT molecular complexity index is 3780. The van der Waals surface area contributed by atoms with E-state index in [9.17, 15) is 0 Å². The largest absolute Gasteiger partial charge is 0.510 e. The second kappa shape index (κ2) is 26.9. The molecule has 0 saturated carbocycles. The van der Waals surface area contributed by atoms with Crippen LogP contribution in [-0.2, 0) is 85.8 Å². The summed E-state index contributed by atoms with van der Waals surface area (Å²) in [7, 11) is 8.26. The maximum Gasteiger partial charge on any atom is 0.0329 e. The molecule has 4 radical (unpaired) electrons. The van der Waals surface area contributed by atoms with Gasteiger partial charge < -0.3 is 39.2 Å². The molecule has 0 unspecified atom stereocenters. The number of benzene rings is 9. The molecule has 8 nitrogen and oxygen atoms in total. The van der Waals surface area contributed by atoms with Crippen LogP contribution in [0.1, 0.15) is 58.4 Å². The molecular formula is C71H68Ir4N8-8. The van der Waals surface area contributed by atoms with Gasteiger partial charge in [0, 0.05) is 115 Å². The van der Waals surface area contributed by atoms with E-state index in [1.807, 2.05) is 18.1 Å². The van der Waals surface area contributed by atoms with Gasteiger partial charge in [0.1, 0.15) is 0 Å². The third kappa shape index (κ3) is 13.0. The summed E-state index contributed by atoms with van der Waals surface area (Å²) in [6.07, 6.45) is 4.11. The van der Waals surface area contributed by atoms with E-state index in [4.69, 9.17) is 0 Å². The normalized spacial score (nSPS) is 14.3. The standard InChI is InChI=1S/C19H18N2.C18H14N2.C18H20N2.C16H16N2.4Ir/c1-19(2)17-7-5-4-6-15(17)16-9-8-14(12-18(16)19)21-11-10-20(3)13-21;1-19-13-20(18-9-5-4-8-17(18)19)16-11-10-14-6-2-3-7-15(14)12-16;1-12-6-7-16(8-13(12)2)20-11-19(5)17-9-14(3)15(4)10-18(17)20;1-12-8-9-14(10-13(12)2)18-11-17(3)15-6-4-5-7-16(15)18;;;;/h4-7,9-13H,1-3H3;2-10,12-13H,1H3;6,8-11H,1-5H3;4-8,10-11H,1-3H3;;;;/q4*-2;;;;. The Hall–Kier alpha value is -6.02. The Labute approximate surface area is 548 Å². The van der Waals surface area contributed by atoms with Crippen molar-refractivity contribution in [1.29, 1.82) is 0 Å². The summed E-state index contributed by atoms with van der Waals surface area (Å²) in [5.41, 5.74) is 25.0. The van der Waals surface area contributed by atoms with Gasteiger partial charge in [0.2, 0.25) is 0 Å². The van der Waals surface area contributed by atoms with Crippen molar-refractivity contribution in [2.24, 2.45) is 0 Å². The van der Waals surface area contributed by atoms with Gasteiger partial charge >= 0.3 is 0 Å². The molecule has 0 atom stereocenters. The molecule has 83 heavy (non-hydrogen) atoms.